The molecule has 34 heavy (non-hydrogen) atoms. The van der Waals surface area contributed by atoms with Crippen molar-refractivity contribution in [3.63, 3.8) is 0 Å². The first-order valence-corrected chi connectivity index (χ1v) is 10.6. The molecule has 0 radical (unpaired) electrons. The number of pyridine rings is 1. The molecule has 3 aromatic heterocycles. The van der Waals surface area contributed by atoms with Gasteiger partial charge in [-0.3, -0.25) is 10.1 Å². The van der Waals surface area contributed by atoms with Crippen LogP contribution >= 0.6 is 0 Å². The van der Waals surface area contributed by atoms with E-state index in [1.54, 1.807) is 18.3 Å². The van der Waals surface area contributed by atoms with Crippen molar-refractivity contribution < 1.29 is 18.0 Å². The van der Waals surface area contributed by atoms with E-state index in [0.29, 0.717) is 30.2 Å². The van der Waals surface area contributed by atoms with Crippen LogP contribution in [0.25, 0.3) is 21.9 Å². The third kappa shape index (κ3) is 4.33. The van der Waals surface area contributed by atoms with Crippen LogP contribution in [0.5, 0.6) is 5.75 Å². The number of nitrogens with one attached hydrogen (secondary N) is 1. The van der Waals surface area contributed by atoms with Crippen molar-refractivity contribution in [2.75, 3.05) is 0 Å². The molecule has 0 saturated heterocycles. The highest BCUT2D eigenvalue weighted by molar-refractivity contribution is 5.88. The van der Waals surface area contributed by atoms with Gasteiger partial charge in [0.1, 0.15) is 5.75 Å². The van der Waals surface area contributed by atoms with Crippen LogP contribution in [0.3, 0.4) is 0 Å². The van der Waals surface area contributed by atoms with Crippen LogP contribution < -0.4 is 4.74 Å². The Labute approximate surface area is 193 Å². The first-order chi connectivity index (χ1) is 16.3. The third-order valence-electron chi connectivity index (χ3n) is 5.39. The molecule has 0 fully saturated rings. The molecule has 0 amide bonds. The fourth-order valence-corrected chi connectivity index (χ4v) is 3.93. The maximum absolute atomic E-state index is 13.2. The highest BCUT2D eigenvalue weighted by Gasteiger charge is 2.23. The van der Waals surface area contributed by atoms with E-state index in [2.05, 4.69) is 36.9 Å². The number of H-pyrrole nitrogens is 1. The molecule has 0 spiro atoms. The summed E-state index contributed by atoms with van der Waals surface area (Å²) in [6.45, 7) is 4.47. The highest BCUT2D eigenvalue weighted by atomic mass is 19.3. The van der Waals surface area contributed by atoms with Gasteiger partial charge in [0.2, 0.25) is 0 Å². The van der Waals surface area contributed by atoms with Gasteiger partial charge >= 0.3 is 6.11 Å². The Morgan fingerprint density at radius 1 is 1.09 bits per heavy atom. The second kappa shape index (κ2) is 8.27. The molecule has 0 aliphatic carbocycles. The predicted octanol–water partition coefficient (Wildman–Crippen LogP) is 5.70. The monoisotopic (exact) mass is 458 g/mol. The predicted molar refractivity (Wildman–Crippen MR) is 124 cm³/mol. The minimum atomic E-state index is -3.26. The molecular formula is C26H20F2N4O2. The number of hydrogen-bond donors (Lipinski definition) is 1. The van der Waals surface area contributed by atoms with Crippen LogP contribution in [0.1, 0.15) is 40.7 Å². The summed E-state index contributed by atoms with van der Waals surface area (Å²) in [4.78, 5) is 4.65. The quantitative estimate of drug-likeness (QED) is 0.350. The molecular weight excluding hydrogens is 438 g/mol. The van der Waals surface area contributed by atoms with Gasteiger partial charge in [0.15, 0.2) is 5.58 Å². The molecule has 0 atom stereocenters. The number of ether oxygens (including phenoxy) is 1. The largest absolute Gasteiger partial charge is 0.433 e. The van der Waals surface area contributed by atoms with E-state index in [-0.39, 0.29) is 5.75 Å². The minimum absolute atomic E-state index is 0.0873. The van der Waals surface area contributed by atoms with E-state index >= 15 is 0 Å². The first kappa shape index (κ1) is 21.6. The van der Waals surface area contributed by atoms with Crippen LogP contribution in [0.15, 0.2) is 53.2 Å². The molecule has 0 unspecified atom stereocenters. The van der Waals surface area contributed by atoms with E-state index < -0.39 is 6.11 Å². The summed E-state index contributed by atoms with van der Waals surface area (Å²) in [5.41, 5.74) is 5.87. The Kier molecular flexibility index (Phi) is 5.25. The van der Waals surface area contributed by atoms with Gasteiger partial charge in [-0.25, -0.2) is 0 Å². The Morgan fingerprint density at radius 2 is 1.94 bits per heavy atom. The number of aryl methyl sites for hydroxylation is 2. The van der Waals surface area contributed by atoms with E-state index in [9.17, 15) is 8.78 Å². The topological polar surface area (TPSA) is 76.8 Å². The normalized spacial score (nSPS) is 11.6. The summed E-state index contributed by atoms with van der Waals surface area (Å²) >= 11 is 0. The van der Waals surface area contributed by atoms with Crippen molar-refractivity contribution in [3.8, 4) is 17.6 Å². The molecule has 6 nitrogen and oxygen atoms in total. The molecule has 0 aliphatic heterocycles. The van der Waals surface area contributed by atoms with Crippen molar-refractivity contribution in [2.45, 2.75) is 33.3 Å². The average molecular weight is 458 g/mol. The number of hydrogen-bond acceptors (Lipinski definition) is 5. The van der Waals surface area contributed by atoms with Crippen molar-refractivity contribution in [1.29, 1.82) is 0 Å². The summed E-state index contributed by atoms with van der Waals surface area (Å²) in [6, 6.07) is 12.4. The van der Waals surface area contributed by atoms with E-state index in [0.717, 1.165) is 38.8 Å². The summed E-state index contributed by atoms with van der Waals surface area (Å²) in [7, 11) is 0. The van der Waals surface area contributed by atoms with Gasteiger partial charge < -0.3 is 9.26 Å². The van der Waals surface area contributed by atoms with Gasteiger partial charge in [0.25, 0.3) is 0 Å². The summed E-state index contributed by atoms with van der Waals surface area (Å²) in [5, 5.41) is 13.0. The van der Waals surface area contributed by atoms with E-state index in [1.807, 2.05) is 38.1 Å². The van der Waals surface area contributed by atoms with Crippen LogP contribution in [-0.4, -0.2) is 26.4 Å². The Hall–Kier alpha value is -4.25. The maximum atomic E-state index is 13.2. The van der Waals surface area contributed by atoms with Gasteiger partial charge in [-0.15, -0.1) is 0 Å². The minimum Gasteiger partial charge on any atom is -0.433 e. The van der Waals surface area contributed by atoms with E-state index in [1.165, 1.54) is 6.07 Å². The number of fused-ring (bicyclic) bond motifs is 2. The van der Waals surface area contributed by atoms with Crippen LogP contribution in [-0.2, 0) is 6.42 Å². The highest BCUT2D eigenvalue weighted by Crippen LogP contribution is 2.29. The fourth-order valence-electron chi connectivity index (χ4n) is 3.93. The van der Waals surface area contributed by atoms with Crippen molar-refractivity contribution in [1.82, 2.24) is 20.3 Å². The number of aromatic amines is 1. The second-order valence-corrected chi connectivity index (χ2v) is 8.15. The van der Waals surface area contributed by atoms with Crippen LogP contribution in [0, 0.1) is 25.7 Å². The number of nitrogens with zero attached hydrogens (tertiary/aromatic N) is 3. The van der Waals surface area contributed by atoms with Crippen molar-refractivity contribution in [3.05, 3.63) is 82.4 Å². The molecule has 8 heteroatoms. The Morgan fingerprint density at radius 3 is 2.76 bits per heavy atom. The lowest BCUT2D eigenvalue weighted by atomic mass is 10.0. The lowest BCUT2D eigenvalue weighted by Crippen LogP contribution is -2.19. The number of halogens is 2. The number of aromatic nitrogens is 4. The summed E-state index contributed by atoms with van der Waals surface area (Å²) in [6.07, 6.45) is -1.13. The second-order valence-electron chi connectivity index (χ2n) is 8.15. The van der Waals surface area contributed by atoms with Gasteiger partial charge in [0.05, 0.1) is 39.7 Å². The number of benzene rings is 2. The van der Waals surface area contributed by atoms with E-state index in [4.69, 9.17) is 4.52 Å². The van der Waals surface area contributed by atoms with Crippen molar-refractivity contribution >= 4 is 21.9 Å². The summed E-state index contributed by atoms with van der Waals surface area (Å²) in [5.74, 6) is 6.44. The third-order valence-corrected chi connectivity index (χ3v) is 5.39. The van der Waals surface area contributed by atoms with Gasteiger partial charge in [-0.1, -0.05) is 29.1 Å². The molecule has 3 heterocycles. The SMILES string of the molecule is Cc1nc(C)c2c(Cc3cccc(OC(C)(F)F)c3)noc2c1C#Cc1ccc2cn[nH]c2c1. The summed E-state index contributed by atoms with van der Waals surface area (Å²) < 4.78 is 36.9. The molecule has 5 rings (SSSR count). The van der Waals surface area contributed by atoms with Gasteiger partial charge in [-0.05, 0) is 49.7 Å². The molecule has 170 valence electrons. The lowest BCUT2D eigenvalue weighted by Gasteiger charge is -2.13. The first-order valence-electron chi connectivity index (χ1n) is 10.6. The van der Waals surface area contributed by atoms with Crippen LogP contribution in [0.2, 0.25) is 0 Å². The standard InChI is InChI=1S/C26H20F2N4O2/c1-15-21(10-8-17-7-9-19-14-29-31-22(19)12-17)25-24(16(2)30-15)23(32-34-25)13-18-5-4-6-20(11-18)33-26(3,27)28/h4-7,9,11-12,14H,13H2,1-3H3,(H,29,31). The Bertz CT molecular complexity index is 1590. The fraction of sp³-hybridized carbons (Fsp3) is 0.192. The molecule has 0 bridgehead atoms. The average Bonchev–Trinajstić information content (AvgIpc) is 3.39. The zero-order chi connectivity index (χ0) is 23.9. The Balaban J connectivity index is 1.51. The van der Waals surface area contributed by atoms with Gasteiger partial charge in [0, 0.05) is 24.3 Å². The van der Waals surface area contributed by atoms with Crippen molar-refractivity contribution in [2.24, 2.45) is 0 Å². The molecule has 0 saturated carbocycles. The van der Waals surface area contributed by atoms with Crippen LogP contribution in [0.4, 0.5) is 8.78 Å². The number of alkyl halides is 2. The molecule has 0 aliphatic rings. The van der Waals surface area contributed by atoms with Gasteiger partial charge in [-0.2, -0.15) is 13.9 Å². The molecule has 1 N–H and O–H groups in total. The number of rotatable bonds is 4. The smallest absolute Gasteiger partial charge is 0.394 e. The molecule has 5 aromatic rings. The maximum Gasteiger partial charge on any atom is 0.394 e. The zero-order valence-corrected chi connectivity index (χ0v) is 18.7. The zero-order valence-electron chi connectivity index (χ0n) is 18.7. The molecule has 2 aromatic carbocycles. The lowest BCUT2D eigenvalue weighted by molar-refractivity contribution is -0.158.